The van der Waals surface area contributed by atoms with E-state index in [1.807, 2.05) is 97.1 Å². The monoisotopic (exact) mass is 592 g/mol. The smallest absolute Gasteiger partial charge is 0.312 e. The summed E-state index contributed by atoms with van der Waals surface area (Å²) in [7, 11) is 0. The summed E-state index contributed by atoms with van der Waals surface area (Å²) in [5.41, 5.74) is 0.218. The number of esters is 1. The molecule has 4 aliphatic heterocycles. The lowest BCUT2D eigenvalue weighted by Crippen LogP contribution is -2.58. The van der Waals surface area contributed by atoms with E-state index in [1.54, 1.807) is 4.90 Å². The van der Waals surface area contributed by atoms with Crippen molar-refractivity contribution >= 4 is 34.2 Å². The average molecular weight is 593 g/mol. The summed E-state index contributed by atoms with van der Waals surface area (Å²) in [6, 6.07) is 21.6. The van der Waals surface area contributed by atoms with Crippen molar-refractivity contribution in [1.82, 2.24) is 4.90 Å². The molecule has 4 aliphatic rings. The Morgan fingerprint density at radius 1 is 0.909 bits per heavy atom. The van der Waals surface area contributed by atoms with Crippen LogP contribution in [-0.4, -0.2) is 71.3 Å². The Bertz CT molecular complexity index is 1640. The molecule has 0 bridgehead atoms. The van der Waals surface area contributed by atoms with E-state index in [-0.39, 0.29) is 31.6 Å². The molecule has 8 nitrogen and oxygen atoms in total. The van der Waals surface area contributed by atoms with E-state index in [0.29, 0.717) is 12.1 Å². The van der Waals surface area contributed by atoms with E-state index in [0.717, 1.165) is 35.6 Å². The van der Waals surface area contributed by atoms with Gasteiger partial charge in [-0.05, 0) is 54.2 Å². The number of cyclic esters (lactones) is 1. The minimum atomic E-state index is -1.41. The maximum Gasteiger partial charge on any atom is 0.312 e. The number of likely N-dealkylation sites (tertiary alicyclic amines) is 1. The summed E-state index contributed by atoms with van der Waals surface area (Å²) >= 11 is 0. The standard InChI is InChI=1S/C36H36N2O6/c39-23-28(21-24-11-4-3-5-12-24)38-32-34(41)37(27-17-16-25-13-7-8-14-26(25)22-27)19-10-18-36(32)31(33(38)40)30-29(44-36)15-6-1-2-9-20-43-35(30)42/h3-8,10-18,22,28-32,39H,1-2,9,19-21,23H2/b15-6-/t28-,29-,30+,31+,32?,36+/m1/s1. The first-order valence-corrected chi connectivity index (χ1v) is 15.5. The Morgan fingerprint density at radius 2 is 1.70 bits per heavy atom. The zero-order valence-electron chi connectivity index (χ0n) is 24.5. The molecule has 6 atom stereocenters. The van der Waals surface area contributed by atoms with Crippen LogP contribution in [0, 0.1) is 11.8 Å². The molecule has 1 N–H and O–H groups in total. The van der Waals surface area contributed by atoms with Crippen molar-refractivity contribution in [3.05, 3.63) is 103 Å². The second kappa shape index (κ2) is 11.7. The van der Waals surface area contributed by atoms with Crippen LogP contribution in [0.15, 0.2) is 97.1 Å². The molecule has 0 aliphatic carbocycles. The molecule has 0 aromatic heterocycles. The molecule has 8 heteroatoms. The molecule has 0 radical (unpaired) electrons. The fourth-order valence-electron chi connectivity index (χ4n) is 7.46. The van der Waals surface area contributed by atoms with E-state index < -0.39 is 41.6 Å². The molecule has 1 spiro atoms. The molecule has 226 valence electrons. The van der Waals surface area contributed by atoms with E-state index >= 15 is 0 Å². The number of benzene rings is 3. The minimum Gasteiger partial charge on any atom is -0.465 e. The van der Waals surface area contributed by atoms with Crippen molar-refractivity contribution in [1.29, 1.82) is 0 Å². The number of carbonyl (C=O) groups is 3. The van der Waals surface area contributed by atoms with Gasteiger partial charge in [-0.25, -0.2) is 0 Å². The molecule has 1 unspecified atom stereocenters. The molecular weight excluding hydrogens is 556 g/mol. The molecule has 44 heavy (non-hydrogen) atoms. The first kappa shape index (κ1) is 28.5. The number of anilines is 1. The van der Waals surface area contributed by atoms with Crippen molar-refractivity contribution in [3.63, 3.8) is 0 Å². The minimum absolute atomic E-state index is 0.269. The zero-order chi connectivity index (χ0) is 30.3. The van der Waals surface area contributed by atoms with Crippen molar-refractivity contribution in [2.45, 2.75) is 49.5 Å². The van der Waals surface area contributed by atoms with Crippen LogP contribution in [0.5, 0.6) is 0 Å². The second-order valence-electron chi connectivity index (χ2n) is 12.1. The van der Waals surface area contributed by atoms with Gasteiger partial charge in [-0.15, -0.1) is 0 Å². The van der Waals surface area contributed by atoms with Crippen LogP contribution < -0.4 is 4.90 Å². The SMILES string of the molecule is O=C1OCCCC/C=C\[C@H]2O[C@]34C=CCN(c5ccc6ccccc6c5)C(=O)C3N([C@@H](CO)Cc3ccccc3)C(=O)[C@@H]4[C@@H]12. The highest BCUT2D eigenvalue weighted by molar-refractivity contribution is 6.06. The topological polar surface area (TPSA) is 96.4 Å². The zero-order valence-corrected chi connectivity index (χ0v) is 24.5. The summed E-state index contributed by atoms with van der Waals surface area (Å²) in [5.74, 6) is -3.06. The summed E-state index contributed by atoms with van der Waals surface area (Å²) in [5, 5.41) is 12.8. The van der Waals surface area contributed by atoms with Gasteiger partial charge in [0, 0.05) is 12.2 Å². The Morgan fingerprint density at radius 3 is 2.52 bits per heavy atom. The van der Waals surface area contributed by atoms with E-state index in [2.05, 4.69) is 0 Å². The first-order valence-electron chi connectivity index (χ1n) is 15.5. The van der Waals surface area contributed by atoms with Crippen LogP contribution in [0.2, 0.25) is 0 Å². The third-order valence-corrected chi connectivity index (χ3v) is 9.50. The lowest BCUT2D eigenvalue weighted by molar-refractivity contribution is -0.155. The largest absolute Gasteiger partial charge is 0.465 e. The molecular formula is C36H36N2O6. The third-order valence-electron chi connectivity index (χ3n) is 9.50. The van der Waals surface area contributed by atoms with Crippen molar-refractivity contribution in [3.8, 4) is 0 Å². The number of rotatable bonds is 5. The number of allylic oxidation sites excluding steroid dienone is 1. The van der Waals surface area contributed by atoms with Crippen LogP contribution in [0.25, 0.3) is 10.8 Å². The van der Waals surface area contributed by atoms with Crippen LogP contribution in [0.3, 0.4) is 0 Å². The Labute approximate surface area is 256 Å². The lowest BCUT2D eigenvalue weighted by Gasteiger charge is -2.38. The molecule has 2 amide bonds. The summed E-state index contributed by atoms with van der Waals surface area (Å²) in [6.07, 6.45) is 9.59. The maximum atomic E-state index is 14.9. The highest BCUT2D eigenvalue weighted by Crippen LogP contribution is 2.54. The molecule has 2 saturated heterocycles. The van der Waals surface area contributed by atoms with Crippen LogP contribution in [0.4, 0.5) is 5.69 Å². The number of ether oxygens (including phenoxy) is 2. The van der Waals surface area contributed by atoms with Gasteiger partial charge in [0.25, 0.3) is 5.91 Å². The highest BCUT2D eigenvalue weighted by atomic mass is 16.6. The highest BCUT2D eigenvalue weighted by Gasteiger charge is 2.72. The Hall–Kier alpha value is -4.27. The summed E-state index contributed by atoms with van der Waals surface area (Å²) in [4.78, 5) is 46.3. The summed E-state index contributed by atoms with van der Waals surface area (Å²) < 4.78 is 12.4. The van der Waals surface area contributed by atoms with Gasteiger partial charge in [-0.1, -0.05) is 85.0 Å². The molecule has 7 rings (SSSR count). The van der Waals surface area contributed by atoms with Crippen molar-refractivity contribution < 1.29 is 29.0 Å². The van der Waals surface area contributed by atoms with E-state index in [1.165, 1.54) is 4.90 Å². The second-order valence-corrected chi connectivity index (χ2v) is 12.1. The quantitative estimate of drug-likeness (QED) is 0.352. The van der Waals surface area contributed by atoms with Crippen molar-refractivity contribution in [2.24, 2.45) is 11.8 Å². The van der Waals surface area contributed by atoms with Gasteiger partial charge in [-0.2, -0.15) is 0 Å². The fourth-order valence-corrected chi connectivity index (χ4v) is 7.46. The van der Waals surface area contributed by atoms with Gasteiger partial charge in [0.05, 0.1) is 31.3 Å². The average Bonchev–Trinajstić information content (AvgIpc) is 3.44. The number of amides is 2. The number of aliphatic hydroxyl groups is 1. The van der Waals surface area contributed by atoms with Crippen LogP contribution in [-0.2, 0) is 30.3 Å². The lowest BCUT2D eigenvalue weighted by atomic mass is 9.78. The Balaban J connectivity index is 1.35. The van der Waals surface area contributed by atoms with Gasteiger partial charge < -0.3 is 24.4 Å². The molecule has 3 aromatic carbocycles. The third kappa shape index (κ3) is 4.73. The molecule has 0 saturated carbocycles. The first-order chi connectivity index (χ1) is 21.5. The van der Waals surface area contributed by atoms with Gasteiger partial charge in [0.15, 0.2) is 0 Å². The van der Waals surface area contributed by atoms with Gasteiger partial charge in [0.2, 0.25) is 5.91 Å². The number of carbonyl (C=O) groups excluding carboxylic acids is 3. The predicted molar refractivity (Wildman–Crippen MR) is 166 cm³/mol. The predicted octanol–water partition coefficient (Wildman–Crippen LogP) is 4.21. The van der Waals surface area contributed by atoms with Crippen LogP contribution >= 0.6 is 0 Å². The van der Waals surface area contributed by atoms with E-state index in [4.69, 9.17) is 9.47 Å². The van der Waals surface area contributed by atoms with E-state index in [9.17, 15) is 19.5 Å². The van der Waals surface area contributed by atoms with Gasteiger partial charge in [0.1, 0.15) is 17.6 Å². The van der Waals surface area contributed by atoms with Gasteiger partial charge in [-0.3, -0.25) is 14.4 Å². The molecule has 2 fully saturated rings. The maximum absolute atomic E-state index is 14.9. The molecule has 3 aromatic rings. The number of fused-ring (bicyclic) bond motifs is 3. The van der Waals surface area contributed by atoms with Crippen LogP contribution in [0.1, 0.15) is 24.8 Å². The summed E-state index contributed by atoms with van der Waals surface area (Å²) in [6.45, 7) is 0.186. The number of hydrogen-bond donors (Lipinski definition) is 1. The Kier molecular flexibility index (Phi) is 7.56. The number of aliphatic hydroxyl groups excluding tert-OH is 1. The number of nitrogens with zero attached hydrogens (tertiary/aromatic N) is 2. The van der Waals surface area contributed by atoms with Gasteiger partial charge >= 0.3 is 5.97 Å². The normalized spacial score (nSPS) is 29.9. The molecule has 4 heterocycles. The van der Waals surface area contributed by atoms with Crippen molar-refractivity contribution in [2.75, 3.05) is 24.7 Å². The fraction of sp³-hybridized carbons (Fsp3) is 0.361. The number of hydrogen-bond acceptors (Lipinski definition) is 6.